The second kappa shape index (κ2) is 5.85. The molecule has 3 nitrogen and oxygen atoms in total. The van der Waals surface area contributed by atoms with Crippen LogP contribution in [0.25, 0.3) is 0 Å². The predicted octanol–water partition coefficient (Wildman–Crippen LogP) is 3.51. The smallest absolute Gasteiger partial charge is 0.253 e. The number of hydrogen-bond donors (Lipinski definition) is 1. The van der Waals surface area contributed by atoms with Gasteiger partial charge in [0.1, 0.15) is 6.10 Å². The molecule has 3 atom stereocenters. The zero-order valence-corrected chi connectivity index (χ0v) is 12.2. The molecule has 4 heteroatoms. The molecule has 0 bridgehead atoms. The van der Waals surface area contributed by atoms with Crippen LogP contribution in [0.3, 0.4) is 0 Å². The topological polar surface area (TPSA) is 38.3 Å². The van der Waals surface area contributed by atoms with Crippen LogP contribution < -0.4 is 5.32 Å². The molecule has 1 amide bonds. The molecular weight excluding hydrogens is 294 g/mol. The van der Waals surface area contributed by atoms with Crippen LogP contribution in [0, 0.1) is 5.92 Å². The van der Waals surface area contributed by atoms with E-state index in [0.29, 0.717) is 12.5 Å². The molecule has 98 valence electrons. The number of amides is 1. The number of anilines is 1. The van der Waals surface area contributed by atoms with Crippen molar-refractivity contribution in [2.75, 3.05) is 11.9 Å². The Labute approximate surface area is 116 Å². The molecule has 1 aromatic rings. The zero-order valence-electron chi connectivity index (χ0n) is 10.7. The second-order valence-electron chi connectivity index (χ2n) is 4.75. The van der Waals surface area contributed by atoms with Gasteiger partial charge in [0.05, 0.1) is 0 Å². The normalized spacial score (nSPS) is 24.8. The van der Waals surface area contributed by atoms with E-state index in [4.69, 9.17) is 4.74 Å². The van der Waals surface area contributed by atoms with E-state index in [1.165, 1.54) is 0 Å². The van der Waals surface area contributed by atoms with Crippen molar-refractivity contribution in [3.05, 3.63) is 29.8 Å². The van der Waals surface area contributed by atoms with Gasteiger partial charge in [-0.25, -0.2) is 0 Å². The number of halogens is 1. The number of carbonyl (C=O) groups excluding carboxylic acids is 1. The lowest BCUT2D eigenvalue weighted by atomic mass is 10.0. The third kappa shape index (κ3) is 2.93. The number of rotatable bonds is 3. The Morgan fingerprint density at radius 3 is 2.83 bits per heavy atom. The molecular formula is C14H18BrNO2. The minimum Gasteiger partial charge on any atom is -0.368 e. The predicted molar refractivity (Wildman–Crippen MR) is 75.9 cm³/mol. The minimum atomic E-state index is -0.316. The molecule has 1 aliphatic rings. The first kappa shape index (κ1) is 13.6. The summed E-state index contributed by atoms with van der Waals surface area (Å²) >= 11 is 3.54. The van der Waals surface area contributed by atoms with Crippen LogP contribution in [0.1, 0.15) is 30.7 Å². The number of benzene rings is 1. The molecule has 0 aliphatic carbocycles. The van der Waals surface area contributed by atoms with Crippen molar-refractivity contribution in [1.82, 2.24) is 0 Å². The highest BCUT2D eigenvalue weighted by Crippen LogP contribution is 2.29. The van der Waals surface area contributed by atoms with Crippen LogP contribution in [0.2, 0.25) is 0 Å². The highest BCUT2D eigenvalue weighted by atomic mass is 79.9. The summed E-state index contributed by atoms with van der Waals surface area (Å²) in [5.74, 6) is 0.249. The van der Waals surface area contributed by atoms with Gasteiger partial charge in [0, 0.05) is 17.1 Å². The maximum atomic E-state index is 12.1. The Hall–Kier alpha value is -0.870. The highest BCUT2D eigenvalue weighted by Gasteiger charge is 2.31. The lowest BCUT2D eigenvalue weighted by Crippen LogP contribution is -2.31. The summed E-state index contributed by atoms with van der Waals surface area (Å²) in [4.78, 5) is 12.4. The van der Waals surface area contributed by atoms with E-state index in [2.05, 4.69) is 28.2 Å². The highest BCUT2D eigenvalue weighted by molar-refractivity contribution is 9.09. The molecule has 0 saturated carbocycles. The standard InChI is InChI=1S/C14H18BrNO2/c1-9-7-8-18-13(9)14(17)16-12-6-4-3-5-11(12)10(2)15/h3-6,9-10,13H,7-8H2,1-2H3,(H,16,17). The fourth-order valence-electron chi connectivity index (χ4n) is 2.19. The summed E-state index contributed by atoms with van der Waals surface area (Å²) < 4.78 is 5.48. The lowest BCUT2D eigenvalue weighted by Gasteiger charge is -2.17. The fourth-order valence-corrected chi connectivity index (χ4v) is 2.59. The van der Waals surface area contributed by atoms with E-state index in [1.54, 1.807) is 0 Å². The first-order valence-corrected chi connectivity index (χ1v) is 7.16. The average molecular weight is 312 g/mol. The summed E-state index contributed by atoms with van der Waals surface area (Å²) in [5, 5.41) is 2.97. The van der Waals surface area contributed by atoms with E-state index >= 15 is 0 Å². The molecule has 0 radical (unpaired) electrons. The van der Waals surface area contributed by atoms with Crippen molar-refractivity contribution in [3.8, 4) is 0 Å². The van der Waals surface area contributed by atoms with Crippen molar-refractivity contribution >= 4 is 27.5 Å². The van der Waals surface area contributed by atoms with Crippen LogP contribution >= 0.6 is 15.9 Å². The van der Waals surface area contributed by atoms with E-state index in [0.717, 1.165) is 17.7 Å². The largest absolute Gasteiger partial charge is 0.368 e. The summed E-state index contributed by atoms with van der Waals surface area (Å²) in [5.41, 5.74) is 1.94. The van der Waals surface area contributed by atoms with Crippen molar-refractivity contribution in [3.63, 3.8) is 0 Å². The average Bonchev–Trinajstić information content (AvgIpc) is 2.76. The van der Waals surface area contributed by atoms with Crippen molar-refractivity contribution in [1.29, 1.82) is 0 Å². The Kier molecular flexibility index (Phi) is 4.40. The van der Waals surface area contributed by atoms with Gasteiger partial charge in [0.2, 0.25) is 0 Å². The number of para-hydroxylation sites is 1. The number of carbonyl (C=O) groups is 1. The molecule has 18 heavy (non-hydrogen) atoms. The Morgan fingerprint density at radius 1 is 1.50 bits per heavy atom. The van der Waals surface area contributed by atoms with Gasteiger partial charge in [-0.15, -0.1) is 0 Å². The van der Waals surface area contributed by atoms with Gasteiger partial charge in [-0.05, 0) is 30.9 Å². The second-order valence-corrected chi connectivity index (χ2v) is 6.12. The number of ether oxygens (including phenoxy) is 1. The molecule has 1 saturated heterocycles. The molecule has 1 aliphatic heterocycles. The monoisotopic (exact) mass is 311 g/mol. The van der Waals surface area contributed by atoms with Gasteiger partial charge in [-0.2, -0.15) is 0 Å². The third-order valence-corrected chi connectivity index (χ3v) is 3.79. The first-order chi connectivity index (χ1) is 8.59. The Morgan fingerprint density at radius 2 is 2.22 bits per heavy atom. The number of hydrogen-bond acceptors (Lipinski definition) is 2. The Bertz CT molecular complexity index is 434. The van der Waals surface area contributed by atoms with Gasteiger partial charge < -0.3 is 10.1 Å². The Balaban J connectivity index is 2.11. The van der Waals surface area contributed by atoms with E-state index in [-0.39, 0.29) is 16.8 Å². The first-order valence-electron chi connectivity index (χ1n) is 6.25. The van der Waals surface area contributed by atoms with E-state index in [9.17, 15) is 4.79 Å². The van der Waals surface area contributed by atoms with Crippen LogP contribution in [0.4, 0.5) is 5.69 Å². The molecule has 0 spiro atoms. The quantitative estimate of drug-likeness (QED) is 0.868. The zero-order chi connectivity index (χ0) is 13.1. The summed E-state index contributed by atoms with van der Waals surface area (Å²) in [6, 6.07) is 7.82. The van der Waals surface area contributed by atoms with Gasteiger partial charge in [0.15, 0.2) is 0 Å². The fraction of sp³-hybridized carbons (Fsp3) is 0.500. The minimum absolute atomic E-state index is 0.0411. The third-order valence-electron chi connectivity index (χ3n) is 3.29. The molecule has 1 fully saturated rings. The van der Waals surface area contributed by atoms with Crippen molar-refractivity contribution in [2.24, 2.45) is 5.92 Å². The molecule has 2 rings (SSSR count). The van der Waals surface area contributed by atoms with E-state index < -0.39 is 0 Å². The lowest BCUT2D eigenvalue weighted by molar-refractivity contribution is -0.126. The number of alkyl halides is 1. The molecule has 0 aromatic heterocycles. The van der Waals surface area contributed by atoms with Crippen molar-refractivity contribution in [2.45, 2.75) is 31.2 Å². The van der Waals surface area contributed by atoms with Crippen LogP contribution in [-0.4, -0.2) is 18.6 Å². The summed E-state index contributed by atoms with van der Waals surface area (Å²) in [7, 11) is 0. The van der Waals surface area contributed by atoms with Gasteiger partial charge in [-0.3, -0.25) is 4.79 Å². The van der Waals surface area contributed by atoms with Gasteiger partial charge >= 0.3 is 0 Å². The summed E-state index contributed by atoms with van der Waals surface area (Å²) in [6.45, 7) is 4.77. The van der Waals surface area contributed by atoms with Crippen LogP contribution in [0.5, 0.6) is 0 Å². The molecule has 1 N–H and O–H groups in total. The number of nitrogens with one attached hydrogen (secondary N) is 1. The van der Waals surface area contributed by atoms with Gasteiger partial charge in [-0.1, -0.05) is 41.1 Å². The SMILES string of the molecule is CC(Br)c1ccccc1NC(=O)C1OCCC1C. The summed E-state index contributed by atoms with van der Waals surface area (Å²) in [6.07, 6.45) is 0.637. The molecule has 1 heterocycles. The van der Waals surface area contributed by atoms with Crippen LogP contribution in [-0.2, 0) is 9.53 Å². The molecule has 1 aromatic carbocycles. The van der Waals surface area contributed by atoms with Crippen molar-refractivity contribution < 1.29 is 9.53 Å². The maximum Gasteiger partial charge on any atom is 0.253 e. The maximum absolute atomic E-state index is 12.1. The van der Waals surface area contributed by atoms with E-state index in [1.807, 2.05) is 31.2 Å². The molecule has 3 unspecified atom stereocenters. The van der Waals surface area contributed by atoms with Gasteiger partial charge in [0.25, 0.3) is 5.91 Å². The van der Waals surface area contributed by atoms with Crippen LogP contribution in [0.15, 0.2) is 24.3 Å².